The van der Waals surface area contributed by atoms with E-state index in [0.29, 0.717) is 17.9 Å². The van der Waals surface area contributed by atoms with Crippen LogP contribution in [-0.2, 0) is 4.79 Å². The Bertz CT molecular complexity index is 1040. The molecule has 0 saturated heterocycles. The molecule has 1 aliphatic carbocycles. The Kier molecular flexibility index (Phi) is 4.36. The molecular weight excluding hydrogens is 345 g/mol. The van der Waals surface area contributed by atoms with Crippen molar-refractivity contribution in [3.05, 3.63) is 54.0 Å². The quantitative estimate of drug-likeness (QED) is 0.734. The predicted octanol–water partition coefficient (Wildman–Crippen LogP) is 3.96. The zero-order chi connectivity index (χ0) is 19.1. The summed E-state index contributed by atoms with van der Waals surface area (Å²) in [5.74, 6) is -0.447. The Morgan fingerprint density at radius 3 is 2.74 bits per heavy atom. The zero-order valence-electron chi connectivity index (χ0n) is 15.1. The van der Waals surface area contributed by atoms with Crippen molar-refractivity contribution in [2.75, 3.05) is 5.32 Å². The van der Waals surface area contributed by atoms with Crippen molar-refractivity contribution in [1.82, 2.24) is 9.97 Å². The SMILES string of the molecule is Cc1ccnc([C@H](C)O)c1-c1ccc2cc(NC(=O)[C@@H]3C[C@@H]3F)ncc2c1. The summed E-state index contributed by atoms with van der Waals surface area (Å²) < 4.78 is 13.0. The smallest absolute Gasteiger partial charge is 0.231 e. The number of nitrogens with zero attached hydrogens (tertiary/aromatic N) is 2. The number of carbonyl (C=O) groups is 1. The fraction of sp³-hybridized carbons (Fsp3) is 0.286. The van der Waals surface area contributed by atoms with Crippen LogP contribution in [0.2, 0.25) is 0 Å². The number of aliphatic hydroxyl groups is 1. The van der Waals surface area contributed by atoms with Crippen LogP contribution >= 0.6 is 0 Å². The number of aliphatic hydroxyl groups excluding tert-OH is 1. The molecule has 0 spiro atoms. The van der Waals surface area contributed by atoms with E-state index in [4.69, 9.17) is 0 Å². The number of pyridine rings is 2. The normalized spacial score (nSPS) is 19.7. The molecule has 0 radical (unpaired) electrons. The Labute approximate surface area is 156 Å². The summed E-state index contributed by atoms with van der Waals surface area (Å²) in [7, 11) is 0. The number of amides is 1. The maximum atomic E-state index is 13.0. The molecule has 0 unspecified atom stereocenters. The van der Waals surface area contributed by atoms with Gasteiger partial charge in [-0.2, -0.15) is 0 Å². The van der Waals surface area contributed by atoms with Crippen LogP contribution in [0.15, 0.2) is 42.7 Å². The third-order valence-corrected chi connectivity index (χ3v) is 4.90. The molecule has 0 bridgehead atoms. The van der Waals surface area contributed by atoms with E-state index in [-0.39, 0.29) is 5.91 Å². The van der Waals surface area contributed by atoms with Crippen LogP contribution in [0.4, 0.5) is 10.2 Å². The molecule has 2 aromatic heterocycles. The van der Waals surface area contributed by atoms with Crippen LogP contribution in [0, 0.1) is 12.8 Å². The van der Waals surface area contributed by atoms with Gasteiger partial charge in [-0.15, -0.1) is 0 Å². The molecule has 3 aromatic rings. The molecule has 1 aliphatic rings. The number of aryl methyl sites for hydroxylation is 1. The molecule has 5 nitrogen and oxygen atoms in total. The second-order valence-corrected chi connectivity index (χ2v) is 7.04. The first-order chi connectivity index (χ1) is 12.9. The van der Waals surface area contributed by atoms with Gasteiger partial charge in [-0.05, 0) is 55.0 Å². The summed E-state index contributed by atoms with van der Waals surface area (Å²) in [6, 6.07) is 9.58. The summed E-state index contributed by atoms with van der Waals surface area (Å²) in [4.78, 5) is 20.5. The van der Waals surface area contributed by atoms with Gasteiger partial charge in [0, 0.05) is 23.3 Å². The second-order valence-electron chi connectivity index (χ2n) is 7.04. The minimum atomic E-state index is -1.03. The van der Waals surface area contributed by atoms with E-state index in [0.717, 1.165) is 27.5 Å². The topological polar surface area (TPSA) is 75.1 Å². The van der Waals surface area contributed by atoms with Crippen LogP contribution in [0.5, 0.6) is 0 Å². The summed E-state index contributed by atoms with van der Waals surface area (Å²) in [5.41, 5.74) is 3.52. The Balaban J connectivity index is 1.68. The van der Waals surface area contributed by atoms with Gasteiger partial charge in [-0.1, -0.05) is 12.1 Å². The molecule has 27 heavy (non-hydrogen) atoms. The molecule has 3 atom stereocenters. The number of hydrogen-bond acceptors (Lipinski definition) is 4. The number of rotatable bonds is 4. The first-order valence-corrected chi connectivity index (χ1v) is 8.92. The van der Waals surface area contributed by atoms with Gasteiger partial charge in [0.15, 0.2) is 0 Å². The Morgan fingerprint density at radius 2 is 2.04 bits per heavy atom. The number of benzene rings is 1. The molecule has 4 rings (SSSR count). The maximum Gasteiger partial charge on any atom is 0.231 e. The number of carbonyl (C=O) groups excluding carboxylic acids is 1. The minimum absolute atomic E-state index is 0.291. The third-order valence-electron chi connectivity index (χ3n) is 4.90. The van der Waals surface area contributed by atoms with Gasteiger partial charge in [-0.3, -0.25) is 9.78 Å². The van der Waals surface area contributed by atoms with Gasteiger partial charge < -0.3 is 10.4 Å². The van der Waals surface area contributed by atoms with Gasteiger partial charge in [0.2, 0.25) is 5.91 Å². The molecular formula is C21H20FN3O2. The summed E-state index contributed by atoms with van der Waals surface area (Å²) in [6.45, 7) is 3.69. The maximum absolute atomic E-state index is 13.0. The van der Waals surface area contributed by atoms with Gasteiger partial charge >= 0.3 is 0 Å². The highest BCUT2D eigenvalue weighted by molar-refractivity contribution is 5.96. The lowest BCUT2D eigenvalue weighted by Gasteiger charge is -2.14. The van der Waals surface area contributed by atoms with Crippen molar-refractivity contribution < 1.29 is 14.3 Å². The first kappa shape index (κ1) is 17.5. The van der Waals surface area contributed by atoms with Gasteiger partial charge in [-0.25, -0.2) is 9.37 Å². The second kappa shape index (κ2) is 6.70. The van der Waals surface area contributed by atoms with Crippen molar-refractivity contribution in [3.63, 3.8) is 0 Å². The van der Waals surface area contributed by atoms with Crippen LogP contribution in [0.3, 0.4) is 0 Å². The monoisotopic (exact) mass is 365 g/mol. The molecule has 0 aliphatic heterocycles. The highest BCUT2D eigenvalue weighted by Gasteiger charge is 2.43. The van der Waals surface area contributed by atoms with E-state index in [1.54, 1.807) is 25.4 Å². The van der Waals surface area contributed by atoms with Crippen LogP contribution in [-0.4, -0.2) is 27.2 Å². The number of fused-ring (bicyclic) bond motifs is 1. The van der Waals surface area contributed by atoms with Crippen LogP contribution < -0.4 is 5.32 Å². The molecule has 1 amide bonds. The number of nitrogens with one attached hydrogen (secondary N) is 1. The minimum Gasteiger partial charge on any atom is -0.387 e. The fourth-order valence-electron chi connectivity index (χ4n) is 3.29. The molecule has 1 fully saturated rings. The van der Waals surface area contributed by atoms with E-state index >= 15 is 0 Å². The van der Waals surface area contributed by atoms with E-state index in [1.807, 2.05) is 31.2 Å². The van der Waals surface area contributed by atoms with Gasteiger partial charge in [0.1, 0.15) is 12.0 Å². The highest BCUT2D eigenvalue weighted by Crippen LogP contribution is 2.35. The number of alkyl halides is 1. The molecule has 1 aromatic carbocycles. The number of aromatic nitrogens is 2. The van der Waals surface area contributed by atoms with Crippen LogP contribution in [0.25, 0.3) is 21.9 Å². The Hall–Kier alpha value is -2.86. The van der Waals surface area contributed by atoms with Crippen molar-refractivity contribution in [3.8, 4) is 11.1 Å². The zero-order valence-corrected chi connectivity index (χ0v) is 15.1. The lowest BCUT2D eigenvalue weighted by molar-refractivity contribution is -0.117. The average molecular weight is 365 g/mol. The number of halogens is 1. The lowest BCUT2D eigenvalue weighted by Crippen LogP contribution is -2.15. The molecule has 2 heterocycles. The number of hydrogen-bond donors (Lipinski definition) is 2. The summed E-state index contributed by atoms with van der Waals surface area (Å²) >= 11 is 0. The van der Waals surface area contributed by atoms with Crippen molar-refractivity contribution >= 4 is 22.5 Å². The standard InChI is InChI=1S/C21H20FN3O2/c1-11-5-6-23-20(12(2)26)19(11)14-4-3-13-8-18(24-10-15(13)7-14)25-21(27)16-9-17(16)22/h3-8,10,12,16-17,26H,9H2,1-2H3,(H,24,25,27)/t12-,16+,17-/m0/s1. The van der Waals surface area contributed by atoms with Crippen molar-refractivity contribution in [1.29, 1.82) is 0 Å². The largest absolute Gasteiger partial charge is 0.387 e. The molecule has 138 valence electrons. The predicted molar refractivity (Wildman–Crippen MR) is 102 cm³/mol. The van der Waals surface area contributed by atoms with E-state index in [1.165, 1.54) is 0 Å². The average Bonchev–Trinajstić information content (AvgIpc) is 3.38. The van der Waals surface area contributed by atoms with Crippen molar-refractivity contribution in [2.24, 2.45) is 5.92 Å². The van der Waals surface area contributed by atoms with Crippen molar-refractivity contribution in [2.45, 2.75) is 32.5 Å². The van der Waals surface area contributed by atoms with E-state index in [2.05, 4.69) is 15.3 Å². The van der Waals surface area contributed by atoms with Gasteiger partial charge in [0.05, 0.1) is 17.7 Å². The summed E-state index contributed by atoms with van der Waals surface area (Å²) in [6.07, 6.45) is 1.97. The summed E-state index contributed by atoms with van der Waals surface area (Å²) in [5, 5.41) is 14.5. The van der Waals surface area contributed by atoms with Crippen LogP contribution in [0.1, 0.15) is 30.7 Å². The number of anilines is 1. The van der Waals surface area contributed by atoms with Gasteiger partial charge in [0.25, 0.3) is 0 Å². The van der Waals surface area contributed by atoms with E-state index in [9.17, 15) is 14.3 Å². The Morgan fingerprint density at radius 1 is 1.26 bits per heavy atom. The fourth-order valence-corrected chi connectivity index (χ4v) is 3.29. The molecule has 2 N–H and O–H groups in total. The molecule has 1 saturated carbocycles. The third kappa shape index (κ3) is 3.40. The first-order valence-electron chi connectivity index (χ1n) is 8.92. The highest BCUT2D eigenvalue weighted by atomic mass is 19.1. The van der Waals surface area contributed by atoms with E-state index < -0.39 is 18.2 Å². The molecule has 6 heteroatoms. The lowest BCUT2D eigenvalue weighted by atomic mass is 9.95.